The fraction of sp³-hybridized carbons (Fsp3) is 0.625. The predicted octanol–water partition coefficient (Wildman–Crippen LogP) is 2.29. The van der Waals surface area contributed by atoms with E-state index in [0.717, 1.165) is 31.7 Å². The highest BCUT2D eigenvalue weighted by atomic mass is 16.3. The van der Waals surface area contributed by atoms with Crippen molar-refractivity contribution in [3.8, 4) is 0 Å². The molecule has 18 heavy (non-hydrogen) atoms. The molecule has 0 amide bonds. The van der Waals surface area contributed by atoms with E-state index in [2.05, 4.69) is 36.5 Å². The van der Waals surface area contributed by atoms with Crippen LogP contribution >= 0.6 is 0 Å². The van der Waals surface area contributed by atoms with Gasteiger partial charge in [-0.1, -0.05) is 37.6 Å². The van der Waals surface area contributed by atoms with Gasteiger partial charge < -0.3 is 10.4 Å². The maximum Gasteiger partial charge on any atom is 0.0880 e. The van der Waals surface area contributed by atoms with Crippen LogP contribution in [0.3, 0.4) is 0 Å². The Balaban J connectivity index is 1.77. The van der Waals surface area contributed by atoms with E-state index in [0.29, 0.717) is 0 Å². The number of rotatable bonds is 2. The second-order valence-electron chi connectivity index (χ2n) is 6.03. The summed E-state index contributed by atoms with van der Waals surface area (Å²) in [6.07, 6.45) is 5.26. The Morgan fingerprint density at radius 3 is 2.56 bits per heavy atom. The van der Waals surface area contributed by atoms with Crippen molar-refractivity contribution in [3.63, 3.8) is 0 Å². The van der Waals surface area contributed by atoms with Crippen molar-refractivity contribution < 1.29 is 5.11 Å². The third-order valence-corrected chi connectivity index (χ3v) is 4.85. The van der Waals surface area contributed by atoms with E-state index >= 15 is 0 Å². The Morgan fingerprint density at radius 1 is 1.28 bits per heavy atom. The largest absolute Gasteiger partial charge is 0.388 e. The van der Waals surface area contributed by atoms with Gasteiger partial charge in [0.2, 0.25) is 0 Å². The van der Waals surface area contributed by atoms with Crippen molar-refractivity contribution in [2.24, 2.45) is 5.92 Å². The summed E-state index contributed by atoms with van der Waals surface area (Å²) in [4.78, 5) is 0. The molecule has 1 aromatic rings. The van der Waals surface area contributed by atoms with Gasteiger partial charge >= 0.3 is 0 Å². The minimum absolute atomic E-state index is 0.267. The first-order chi connectivity index (χ1) is 8.71. The molecule has 1 heterocycles. The number of hydrogen-bond acceptors (Lipinski definition) is 2. The van der Waals surface area contributed by atoms with Gasteiger partial charge in [-0.2, -0.15) is 0 Å². The number of hydrogen-bond donors (Lipinski definition) is 2. The van der Waals surface area contributed by atoms with Crippen LogP contribution in [0, 0.1) is 5.92 Å². The Labute approximate surface area is 109 Å². The van der Waals surface area contributed by atoms with E-state index in [1.165, 1.54) is 24.0 Å². The SMILES string of the molecule is CCC1CCNC(C2(O)Cc3ccccc3C2)C1. The molecule has 3 rings (SSSR count). The second kappa shape index (κ2) is 4.67. The normalized spacial score (nSPS) is 30.1. The average Bonchev–Trinajstić information content (AvgIpc) is 2.76. The van der Waals surface area contributed by atoms with Crippen molar-refractivity contribution in [3.05, 3.63) is 35.4 Å². The highest BCUT2D eigenvalue weighted by Crippen LogP contribution is 2.36. The molecular weight excluding hydrogens is 222 g/mol. The Kier molecular flexibility index (Phi) is 3.16. The second-order valence-corrected chi connectivity index (χ2v) is 6.03. The van der Waals surface area contributed by atoms with Crippen LogP contribution in [0.2, 0.25) is 0 Å². The van der Waals surface area contributed by atoms with Crippen LogP contribution in [0.4, 0.5) is 0 Å². The van der Waals surface area contributed by atoms with Crippen LogP contribution in [-0.4, -0.2) is 23.3 Å². The molecule has 1 saturated heterocycles. The third kappa shape index (κ3) is 2.08. The standard InChI is InChI=1S/C16H23NO/c1-2-12-7-8-17-15(9-12)16(18)10-13-5-3-4-6-14(13)11-16/h3-6,12,15,17-18H,2,7-11H2,1H3. The van der Waals surface area contributed by atoms with Crippen LogP contribution in [0.5, 0.6) is 0 Å². The fourth-order valence-corrected chi connectivity index (χ4v) is 3.65. The smallest absolute Gasteiger partial charge is 0.0880 e. The first-order valence-electron chi connectivity index (χ1n) is 7.24. The zero-order chi connectivity index (χ0) is 12.6. The number of piperidine rings is 1. The molecule has 2 unspecified atom stereocenters. The zero-order valence-corrected chi connectivity index (χ0v) is 11.2. The summed E-state index contributed by atoms with van der Waals surface area (Å²) in [5, 5.41) is 14.5. The molecule has 1 aliphatic carbocycles. The minimum atomic E-state index is -0.558. The molecule has 2 nitrogen and oxygen atoms in total. The molecule has 2 aliphatic rings. The summed E-state index contributed by atoms with van der Waals surface area (Å²) in [6.45, 7) is 3.32. The Morgan fingerprint density at radius 2 is 1.94 bits per heavy atom. The van der Waals surface area contributed by atoms with Gasteiger partial charge in [-0.3, -0.25) is 0 Å². The zero-order valence-electron chi connectivity index (χ0n) is 11.2. The fourth-order valence-electron chi connectivity index (χ4n) is 3.65. The maximum absolute atomic E-state index is 11.0. The van der Waals surface area contributed by atoms with Crippen LogP contribution in [0.25, 0.3) is 0 Å². The lowest BCUT2D eigenvalue weighted by Crippen LogP contribution is -2.55. The van der Waals surface area contributed by atoms with Crippen molar-refractivity contribution in [1.29, 1.82) is 0 Å². The minimum Gasteiger partial charge on any atom is -0.388 e. The van der Waals surface area contributed by atoms with Crippen molar-refractivity contribution in [2.75, 3.05) is 6.54 Å². The number of fused-ring (bicyclic) bond motifs is 1. The lowest BCUT2D eigenvalue weighted by molar-refractivity contribution is -0.00597. The maximum atomic E-state index is 11.0. The molecule has 0 bridgehead atoms. The van der Waals surface area contributed by atoms with E-state index in [9.17, 15) is 5.11 Å². The molecule has 1 aliphatic heterocycles. The van der Waals surface area contributed by atoms with Crippen molar-refractivity contribution >= 4 is 0 Å². The van der Waals surface area contributed by atoms with Gasteiger partial charge in [-0.05, 0) is 36.4 Å². The number of nitrogens with one attached hydrogen (secondary N) is 1. The molecular formula is C16H23NO. The van der Waals surface area contributed by atoms with E-state index in [1.807, 2.05) is 0 Å². The topological polar surface area (TPSA) is 32.3 Å². The summed E-state index contributed by atoms with van der Waals surface area (Å²) in [6, 6.07) is 8.74. The van der Waals surface area contributed by atoms with E-state index in [-0.39, 0.29) is 6.04 Å². The van der Waals surface area contributed by atoms with E-state index in [4.69, 9.17) is 0 Å². The molecule has 2 atom stereocenters. The Bertz CT molecular complexity index is 404. The van der Waals surface area contributed by atoms with E-state index < -0.39 is 5.60 Å². The molecule has 1 fully saturated rings. The van der Waals surface area contributed by atoms with Crippen LogP contribution in [0.1, 0.15) is 37.3 Å². The van der Waals surface area contributed by atoms with Gasteiger partial charge in [0.25, 0.3) is 0 Å². The summed E-state index contributed by atoms with van der Waals surface area (Å²) < 4.78 is 0. The molecule has 2 heteroatoms. The van der Waals surface area contributed by atoms with Gasteiger partial charge in [0.05, 0.1) is 5.60 Å². The van der Waals surface area contributed by atoms with E-state index in [1.54, 1.807) is 0 Å². The van der Waals surface area contributed by atoms with Gasteiger partial charge in [0.1, 0.15) is 0 Å². The summed E-state index contributed by atoms with van der Waals surface area (Å²) >= 11 is 0. The number of benzene rings is 1. The van der Waals surface area contributed by atoms with Gasteiger partial charge in [0, 0.05) is 18.9 Å². The van der Waals surface area contributed by atoms with Crippen molar-refractivity contribution in [2.45, 2.75) is 50.7 Å². The highest BCUT2D eigenvalue weighted by molar-refractivity contribution is 5.36. The van der Waals surface area contributed by atoms with Gasteiger partial charge in [0.15, 0.2) is 0 Å². The third-order valence-electron chi connectivity index (χ3n) is 4.85. The molecule has 2 N–H and O–H groups in total. The molecule has 1 aromatic carbocycles. The van der Waals surface area contributed by atoms with Crippen LogP contribution < -0.4 is 5.32 Å². The quantitative estimate of drug-likeness (QED) is 0.838. The molecule has 0 spiro atoms. The van der Waals surface area contributed by atoms with Gasteiger partial charge in [-0.25, -0.2) is 0 Å². The first-order valence-corrected chi connectivity index (χ1v) is 7.24. The monoisotopic (exact) mass is 245 g/mol. The van der Waals surface area contributed by atoms with Crippen LogP contribution in [0.15, 0.2) is 24.3 Å². The predicted molar refractivity (Wildman–Crippen MR) is 73.6 cm³/mol. The summed E-state index contributed by atoms with van der Waals surface area (Å²) in [5.41, 5.74) is 2.11. The summed E-state index contributed by atoms with van der Waals surface area (Å²) in [5.74, 6) is 0.781. The lowest BCUT2D eigenvalue weighted by Gasteiger charge is -2.39. The highest BCUT2D eigenvalue weighted by Gasteiger charge is 2.43. The lowest BCUT2D eigenvalue weighted by atomic mass is 9.80. The number of aliphatic hydroxyl groups is 1. The summed E-state index contributed by atoms with van der Waals surface area (Å²) in [7, 11) is 0. The van der Waals surface area contributed by atoms with Crippen LogP contribution in [-0.2, 0) is 12.8 Å². The molecule has 0 radical (unpaired) electrons. The van der Waals surface area contributed by atoms with Gasteiger partial charge in [-0.15, -0.1) is 0 Å². The molecule has 0 aromatic heterocycles. The average molecular weight is 245 g/mol. The molecule has 98 valence electrons. The Hall–Kier alpha value is -0.860. The first kappa shape index (κ1) is 12.2. The molecule has 0 saturated carbocycles. The van der Waals surface area contributed by atoms with Crippen molar-refractivity contribution in [1.82, 2.24) is 5.32 Å².